The first-order chi connectivity index (χ1) is 13.9. The van der Waals surface area contributed by atoms with Gasteiger partial charge in [-0.15, -0.1) is 0 Å². The molecular weight excluding hydrogens is 380 g/mol. The molecule has 0 aliphatic rings. The summed E-state index contributed by atoms with van der Waals surface area (Å²) in [5.74, 6) is -0.0145. The minimum absolute atomic E-state index is 0.0145. The largest absolute Gasteiger partial charge is 0.423 e. The van der Waals surface area contributed by atoms with Crippen LogP contribution in [0.3, 0.4) is 0 Å². The second kappa shape index (κ2) is 10.8. The van der Waals surface area contributed by atoms with Crippen LogP contribution in [0.2, 0.25) is 5.04 Å². The Morgan fingerprint density at radius 2 is 1.59 bits per heavy atom. The minimum Gasteiger partial charge on any atom is -0.423 e. The van der Waals surface area contributed by atoms with Crippen molar-refractivity contribution in [2.75, 3.05) is 13.1 Å². The molecule has 0 heterocycles. The molecule has 2 aromatic rings. The highest BCUT2D eigenvalue weighted by atomic mass is 28.4. The predicted octanol–water partition coefficient (Wildman–Crippen LogP) is 3.51. The molecule has 2 aromatic carbocycles. The van der Waals surface area contributed by atoms with Crippen LogP contribution in [0, 0.1) is 0 Å². The van der Waals surface area contributed by atoms with Gasteiger partial charge in [0.25, 0.3) is 8.32 Å². The van der Waals surface area contributed by atoms with Gasteiger partial charge in [-0.2, -0.15) is 0 Å². The smallest absolute Gasteiger partial charge is 0.260 e. The Labute approximate surface area is 173 Å². The van der Waals surface area contributed by atoms with Crippen molar-refractivity contribution in [3.63, 3.8) is 0 Å². The van der Waals surface area contributed by atoms with E-state index in [1.54, 1.807) is 0 Å². The van der Waals surface area contributed by atoms with E-state index in [9.17, 15) is 9.59 Å². The molecule has 0 spiro atoms. The Hall–Kier alpha value is -2.60. The number of carbonyl (C=O) groups excluding carboxylic acids is 1. The molecule has 0 atom stereocenters. The number of azide groups is 1. The van der Waals surface area contributed by atoms with E-state index in [1.807, 2.05) is 74.5 Å². The van der Waals surface area contributed by atoms with Crippen LogP contribution in [0.4, 0.5) is 0 Å². The van der Waals surface area contributed by atoms with E-state index >= 15 is 0 Å². The molecule has 0 bridgehead atoms. The maximum atomic E-state index is 12.3. The van der Waals surface area contributed by atoms with Crippen LogP contribution in [0.1, 0.15) is 39.5 Å². The average Bonchev–Trinajstić information content (AvgIpc) is 2.75. The standard InChI is InChI=1S/C22H30N4O2Si/c1-22(2,18-24-21(27)16-10-5-11-17-25-26-23)29(28,19-12-6-3-7-13-19)20-14-8-4-9-15-20/h3-4,6-9,12-15,28H,5,10-11,16-18H2,1-2H3,(H,24,27). The van der Waals surface area contributed by atoms with Crippen LogP contribution < -0.4 is 15.7 Å². The Morgan fingerprint density at radius 3 is 2.10 bits per heavy atom. The van der Waals surface area contributed by atoms with Crippen molar-refractivity contribution in [3.8, 4) is 0 Å². The number of rotatable bonds is 11. The predicted molar refractivity (Wildman–Crippen MR) is 120 cm³/mol. The Morgan fingerprint density at radius 1 is 1.03 bits per heavy atom. The number of hydrogen-bond acceptors (Lipinski definition) is 3. The molecule has 7 heteroatoms. The van der Waals surface area contributed by atoms with Gasteiger partial charge in [0.1, 0.15) is 0 Å². The molecule has 1 amide bonds. The van der Waals surface area contributed by atoms with Crippen molar-refractivity contribution in [3.05, 3.63) is 71.1 Å². The molecule has 0 aliphatic heterocycles. The van der Waals surface area contributed by atoms with Crippen molar-refractivity contribution in [2.45, 2.75) is 44.6 Å². The van der Waals surface area contributed by atoms with Crippen LogP contribution >= 0.6 is 0 Å². The van der Waals surface area contributed by atoms with Gasteiger partial charge in [0.2, 0.25) is 5.91 Å². The summed E-state index contributed by atoms with van der Waals surface area (Å²) in [4.78, 5) is 27.1. The Kier molecular flexibility index (Phi) is 8.45. The molecule has 0 aromatic heterocycles. The summed E-state index contributed by atoms with van der Waals surface area (Å²) in [5, 5.41) is 7.88. The summed E-state index contributed by atoms with van der Waals surface area (Å²) < 4.78 is 0. The monoisotopic (exact) mass is 410 g/mol. The number of nitrogens with zero attached hydrogens (tertiary/aromatic N) is 3. The lowest BCUT2D eigenvalue weighted by Crippen LogP contribution is -2.67. The number of benzene rings is 2. The molecule has 0 saturated carbocycles. The van der Waals surface area contributed by atoms with Gasteiger partial charge in [0, 0.05) is 29.5 Å². The minimum atomic E-state index is -3.11. The molecule has 0 saturated heterocycles. The summed E-state index contributed by atoms with van der Waals surface area (Å²) in [6.07, 6.45) is 2.83. The first-order valence-electron chi connectivity index (χ1n) is 10.0. The van der Waals surface area contributed by atoms with Gasteiger partial charge in [0.05, 0.1) is 0 Å². The van der Waals surface area contributed by atoms with Crippen molar-refractivity contribution in [1.82, 2.24) is 5.32 Å². The van der Waals surface area contributed by atoms with Crippen LogP contribution in [-0.2, 0) is 4.79 Å². The lowest BCUT2D eigenvalue weighted by atomic mass is 10.1. The normalized spacial score (nSPS) is 11.6. The van der Waals surface area contributed by atoms with Gasteiger partial charge in [-0.05, 0) is 28.7 Å². The zero-order chi connectivity index (χ0) is 21.2. The van der Waals surface area contributed by atoms with E-state index in [-0.39, 0.29) is 5.91 Å². The Balaban J connectivity index is 2.07. The molecule has 29 heavy (non-hydrogen) atoms. The van der Waals surface area contributed by atoms with E-state index in [0.717, 1.165) is 29.6 Å². The molecular formula is C22H30N4O2Si. The summed E-state index contributed by atoms with van der Waals surface area (Å²) in [6.45, 7) is 4.92. The second-order valence-electron chi connectivity index (χ2n) is 7.87. The highest BCUT2D eigenvalue weighted by molar-refractivity contribution is 6.98. The number of hydrogen-bond donors (Lipinski definition) is 2. The fourth-order valence-corrected chi connectivity index (χ4v) is 7.12. The second-order valence-corrected chi connectivity index (χ2v) is 11.8. The van der Waals surface area contributed by atoms with E-state index < -0.39 is 13.4 Å². The highest BCUT2D eigenvalue weighted by Gasteiger charge is 2.49. The van der Waals surface area contributed by atoms with Gasteiger partial charge < -0.3 is 10.1 Å². The van der Waals surface area contributed by atoms with Crippen molar-refractivity contribution in [2.24, 2.45) is 5.11 Å². The van der Waals surface area contributed by atoms with E-state index in [4.69, 9.17) is 5.53 Å². The van der Waals surface area contributed by atoms with Crippen molar-refractivity contribution in [1.29, 1.82) is 0 Å². The molecule has 0 unspecified atom stereocenters. The SMILES string of the molecule is CC(C)(CNC(=O)CCCCCN=[N+]=[N-])[Si](O)(c1ccccc1)c1ccccc1. The van der Waals surface area contributed by atoms with Gasteiger partial charge in [-0.3, -0.25) is 4.79 Å². The molecule has 2 rings (SSSR count). The summed E-state index contributed by atoms with van der Waals surface area (Å²) >= 11 is 0. The maximum absolute atomic E-state index is 12.3. The van der Waals surface area contributed by atoms with Crippen molar-refractivity contribution >= 4 is 24.6 Å². The molecule has 0 aliphatic carbocycles. The van der Waals surface area contributed by atoms with Crippen LogP contribution in [0.15, 0.2) is 65.8 Å². The number of nitrogens with one attached hydrogen (secondary N) is 1. The average molecular weight is 411 g/mol. The van der Waals surface area contributed by atoms with Gasteiger partial charge >= 0.3 is 0 Å². The molecule has 0 fully saturated rings. The molecule has 0 radical (unpaired) electrons. The third-order valence-corrected chi connectivity index (χ3v) is 9.79. The topological polar surface area (TPSA) is 98.1 Å². The van der Waals surface area contributed by atoms with Gasteiger partial charge in [-0.1, -0.05) is 86.0 Å². The highest BCUT2D eigenvalue weighted by Crippen LogP contribution is 2.34. The molecule has 6 nitrogen and oxygen atoms in total. The van der Waals surface area contributed by atoms with Gasteiger partial charge in [-0.25, -0.2) is 0 Å². The molecule has 154 valence electrons. The van der Waals surface area contributed by atoms with E-state index in [2.05, 4.69) is 15.3 Å². The van der Waals surface area contributed by atoms with Crippen LogP contribution in [-0.4, -0.2) is 32.1 Å². The van der Waals surface area contributed by atoms with Crippen LogP contribution in [0.25, 0.3) is 10.4 Å². The summed E-state index contributed by atoms with van der Waals surface area (Å²) in [6, 6.07) is 19.6. The Bertz CT molecular complexity index is 782. The zero-order valence-corrected chi connectivity index (χ0v) is 18.2. The fourth-order valence-electron chi connectivity index (χ4n) is 3.53. The number of unbranched alkanes of at least 4 members (excludes halogenated alkanes) is 2. The lowest BCUT2D eigenvalue weighted by Gasteiger charge is -2.41. The first-order valence-corrected chi connectivity index (χ1v) is 12.0. The zero-order valence-electron chi connectivity index (χ0n) is 17.2. The third-order valence-electron chi connectivity index (χ3n) is 5.32. The number of amides is 1. The lowest BCUT2D eigenvalue weighted by molar-refractivity contribution is -0.121. The van der Waals surface area contributed by atoms with Crippen LogP contribution in [0.5, 0.6) is 0 Å². The quantitative estimate of drug-likeness (QED) is 0.195. The summed E-state index contributed by atoms with van der Waals surface area (Å²) in [5.41, 5.74) is 8.26. The third kappa shape index (κ3) is 5.94. The first kappa shape index (κ1) is 22.7. The van der Waals surface area contributed by atoms with E-state index in [0.29, 0.717) is 19.5 Å². The van der Waals surface area contributed by atoms with Gasteiger partial charge in [0.15, 0.2) is 0 Å². The molecule has 2 N–H and O–H groups in total. The number of carbonyl (C=O) groups is 1. The van der Waals surface area contributed by atoms with E-state index in [1.165, 1.54) is 0 Å². The van der Waals surface area contributed by atoms with Crippen molar-refractivity contribution < 1.29 is 9.59 Å². The summed E-state index contributed by atoms with van der Waals surface area (Å²) in [7, 11) is -3.11. The fraction of sp³-hybridized carbons (Fsp3) is 0.409. The maximum Gasteiger partial charge on any atom is 0.260 e.